The van der Waals surface area contributed by atoms with Gasteiger partial charge in [-0.1, -0.05) is 59.4 Å². The lowest BCUT2D eigenvalue weighted by Gasteiger charge is -2.18. The number of nitrogens with zero attached hydrogens (tertiary/aromatic N) is 5. The topological polar surface area (TPSA) is 83.5 Å². The maximum atomic E-state index is 13.3. The van der Waals surface area contributed by atoms with Gasteiger partial charge in [0.25, 0.3) is 5.56 Å². The van der Waals surface area contributed by atoms with Crippen molar-refractivity contribution in [2.24, 2.45) is 0 Å². The Balaban J connectivity index is 1.35. The predicted octanol–water partition coefficient (Wildman–Crippen LogP) is 4.30. The van der Waals surface area contributed by atoms with Crippen molar-refractivity contribution < 1.29 is 9.47 Å². The van der Waals surface area contributed by atoms with Gasteiger partial charge < -0.3 is 9.47 Å². The molecule has 0 saturated carbocycles. The SMILES string of the molecule is Cc1ccc(-c2nc3s/c(=C\c4cn(-c5ccccc5)nc4-c4ccc5c(c4)OCCO5)c(=O)n3n2)cc1. The Kier molecular flexibility index (Phi) is 5.29. The van der Waals surface area contributed by atoms with E-state index in [9.17, 15) is 4.79 Å². The lowest BCUT2D eigenvalue weighted by molar-refractivity contribution is 0.171. The Morgan fingerprint density at radius 1 is 0.895 bits per heavy atom. The van der Waals surface area contributed by atoms with Crippen LogP contribution in [0.15, 0.2) is 83.8 Å². The third-order valence-corrected chi connectivity index (χ3v) is 7.32. The van der Waals surface area contributed by atoms with E-state index >= 15 is 0 Å². The Bertz CT molecular complexity index is 1910. The molecule has 0 bridgehead atoms. The number of fused-ring (bicyclic) bond motifs is 2. The van der Waals surface area contributed by atoms with Crippen molar-refractivity contribution in [2.75, 3.05) is 13.2 Å². The number of para-hydroxylation sites is 1. The van der Waals surface area contributed by atoms with Crippen molar-refractivity contribution in [2.45, 2.75) is 6.92 Å². The van der Waals surface area contributed by atoms with Crippen LogP contribution in [-0.4, -0.2) is 37.6 Å². The molecule has 0 fully saturated rings. The molecular weight excluding hydrogens is 498 g/mol. The molecule has 4 heterocycles. The van der Waals surface area contributed by atoms with Gasteiger partial charge in [-0.3, -0.25) is 4.79 Å². The van der Waals surface area contributed by atoms with Gasteiger partial charge in [-0.25, -0.2) is 4.68 Å². The van der Waals surface area contributed by atoms with E-state index in [1.807, 2.05) is 96.7 Å². The second-order valence-corrected chi connectivity index (χ2v) is 9.99. The third kappa shape index (κ3) is 3.93. The first-order chi connectivity index (χ1) is 18.6. The largest absolute Gasteiger partial charge is 0.486 e. The summed E-state index contributed by atoms with van der Waals surface area (Å²) in [6.07, 6.45) is 3.78. The maximum Gasteiger partial charge on any atom is 0.291 e. The van der Waals surface area contributed by atoms with Gasteiger partial charge in [-0.15, -0.1) is 5.10 Å². The molecule has 0 N–H and O–H groups in total. The summed E-state index contributed by atoms with van der Waals surface area (Å²) < 4.78 is 15.2. The fraction of sp³-hybridized carbons (Fsp3) is 0.103. The molecule has 186 valence electrons. The molecule has 38 heavy (non-hydrogen) atoms. The van der Waals surface area contributed by atoms with Crippen LogP contribution in [-0.2, 0) is 0 Å². The van der Waals surface area contributed by atoms with Crippen LogP contribution in [0.4, 0.5) is 0 Å². The van der Waals surface area contributed by atoms with Gasteiger partial charge in [0.2, 0.25) is 4.96 Å². The quantitative estimate of drug-likeness (QED) is 0.345. The summed E-state index contributed by atoms with van der Waals surface area (Å²) in [6.45, 7) is 3.06. The number of thiazole rings is 1. The van der Waals surface area contributed by atoms with E-state index in [0.717, 1.165) is 33.6 Å². The Morgan fingerprint density at radius 3 is 2.45 bits per heavy atom. The van der Waals surface area contributed by atoms with Crippen molar-refractivity contribution in [3.05, 3.63) is 105 Å². The molecule has 1 aliphatic heterocycles. The molecule has 0 spiro atoms. The zero-order chi connectivity index (χ0) is 25.6. The Hall–Kier alpha value is -4.76. The van der Waals surface area contributed by atoms with E-state index in [0.29, 0.717) is 40.0 Å². The highest BCUT2D eigenvalue weighted by Crippen LogP contribution is 2.35. The van der Waals surface area contributed by atoms with Crippen molar-refractivity contribution in [1.82, 2.24) is 24.4 Å². The van der Waals surface area contributed by atoms with E-state index in [1.54, 1.807) is 0 Å². The highest BCUT2D eigenvalue weighted by molar-refractivity contribution is 7.15. The van der Waals surface area contributed by atoms with Crippen LogP contribution in [0.5, 0.6) is 11.5 Å². The van der Waals surface area contributed by atoms with E-state index in [1.165, 1.54) is 15.9 Å². The molecule has 3 aromatic heterocycles. The second-order valence-electron chi connectivity index (χ2n) is 8.98. The number of ether oxygens (including phenoxy) is 2. The second kappa shape index (κ2) is 8.97. The average Bonchev–Trinajstić information content (AvgIpc) is 3.64. The molecule has 8 nitrogen and oxygen atoms in total. The lowest BCUT2D eigenvalue weighted by atomic mass is 10.1. The normalized spacial score (nSPS) is 13.3. The van der Waals surface area contributed by atoms with Gasteiger partial charge in [-0.05, 0) is 43.3 Å². The number of hydrogen-bond acceptors (Lipinski definition) is 7. The highest BCUT2D eigenvalue weighted by atomic mass is 32.1. The van der Waals surface area contributed by atoms with E-state index in [2.05, 4.69) is 10.1 Å². The summed E-state index contributed by atoms with van der Waals surface area (Å²) in [6, 6.07) is 23.6. The molecule has 0 radical (unpaired) electrons. The van der Waals surface area contributed by atoms with Gasteiger partial charge >= 0.3 is 0 Å². The summed E-state index contributed by atoms with van der Waals surface area (Å²) >= 11 is 1.31. The minimum Gasteiger partial charge on any atom is -0.486 e. The van der Waals surface area contributed by atoms with Crippen molar-refractivity contribution >= 4 is 22.4 Å². The number of rotatable bonds is 4. The number of aryl methyl sites for hydroxylation is 1. The predicted molar refractivity (Wildman–Crippen MR) is 146 cm³/mol. The molecule has 0 unspecified atom stereocenters. The molecule has 0 atom stereocenters. The smallest absolute Gasteiger partial charge is 0.291 e. The van der Waals surface area contributed by atoms with E-state index in [4.69, 9.17) is 14.6 Å². The van der Waals surface area contributed by atoms with Crippen LogP contribution in [0.25, 0.3) is 39.4 Å². The van der Waals surface area contributed by atoms with Gasteiger partial charge in [-0.2, -0.15) is 14.6 Å². The molecule has 3 aromatic carbocycles. The molecule has 1 aliphatic rings. The van der Waals surface area contributed by atoms with E-state index in [-0.39, 0.29) is 5.56 Å². The Labute approximate surface area is 221 Å². The number of benzene rings is 3. The summed E-state index contributed by atoms with van der Waals surface area (Å²) in [5, 5.41) is 9.37. The van der Waals surface area contributed by atoms with Crippen LogP contribution < -0.4 is 19.6 Å². The Morgan fingerprint density at radius 2 is 1.66 bits per heavy atom. The fourth-order valence-corrected chi connectivity index (χ4v) is 5.32. The van der Waals surface area contributed by atoms with Gasteiger partial charge in [0.15, 0.2) is 17.3 Å². The van der Waals surface area contributed by atoms with Crippen molar-refractivity contribution in [3.8, 4) is 39.8 Å². The molecule has 6 aromatic rings. The summed E-state index contributed by atoms with van der Waals surface area (Å²) in [5.41, 5.74) is 5.12. The molecule has 7 rings (SSSR count). The third-order valence-electron chi connectivity index (χ3n) is 6.36. The summed E-state index contributed by atoms with van der Waals surface area (Å²) in [5.74, 6) is 1.93. The summed E-state index contributed by atoms with van der Waals surface area (Å²) in [7, 11) is 0. The van der Waals surface area contributed by atoms with Crippen LogP contribution in [0, 0.1) is 6.92 Å². The van der Waals surface area contributed by atoms with Crippen LogP contribution >= 0.6 is 11.3 Å². The fourth-order valence-electron chi connectivity index (χ4n) is 4.42. The zero-order valence-electron chi connectivity index (χ0n) is 20.4. The first-order valence-corrected chi connectivity index (χ1v) is 13.0. The first kappa shape index (κ1) is 22.4. The van der Waals surface area contributed by atoms with Gasteiger partial charge in [0.1, 0.15) is 18.9 Å². The lowest BCUT2D eigenvalue weighted by Crippen LogP contribution is -2.23. The van der Waals surface area contributed by atoms with Crippen molar-refractivity contribution in [3.63, 3.8) is 0 Å². The molecule has 9 heteroatoms. The number of aromatic nitrogens is 5. The maximum absolute atomic E-state index is 13.3. The van der Waals surface area contributed by atoms with Gasteiger partial charge in [0, 0.05) is 22.9 Å². The summed E-state index contributed by atoms with van der Waals surface area (Å²) in [4.78, 5) is 18.5. The average molecular weight is 520 g/mol. The van der Waals surface area contributed by atoms with Crippen molar-refractivity contribution in [1.29, 1.82) is 0 Å². The highest BCUT2D eigenvalue weighted by Gasteiger charge is 2.18. The minimum atomic E-state index is -0.212. The minimum absolute atomic E-state index is 0.212. The zero-order valence-corrected chi connectivity index (χ0v) is 21.2. The molecule has 0 aliphatic carbocycles. The van der Waals surface area contributed by atoms with Crippen LogP contribution in [0.3, 0.4) is 0 Å². The monoisotopic (exact) mass is 519 g/mol. The van der Waals surface area contributed by atoms with Gasteiger partial charge in [0.05, 0.1) is 10.2 Å². The standard InChI is InChI=1S/C29H21N5O3S/c1-18-7-9-19(10-8-18)27-30-29-34(32-27)28(35)25(38-29)16-21-17-33(22-5-3-2-4-6-22)31-26(21)20-11-12-23-24(15-20)37-14-13-36-23/h2-12,15-17H,13-14H2,1H3/b25-16-. The number of hydrogen-bond donors (Lipinski definition) is 0. The first-order valence-electron chi connectivity index (χ1n) is 12.2. The van der Waals surface area contributed by atoms with Crippen LogP contribution in [0.2, 0.25) is 0 Å². The molecular formula is C29H21N5O3S. The molecule has 0 saturated heterocycles. The van der Waals surface area contributed by atoms with Crippen LogP contribution in [0.1, 0.15) is 11.1 Å². The van der Waals surface area contributed by atoms with E-state index < -0.39 is 0 Å². The molecule has 0 amide bonds.